The predicted molar refractivity (Wildman–Crippen MR) is 77.4 cm³/mol. The summed E-state index contributed by atoms with van der Waals surface area (Å²) in [6, 6.07) is 10.7. The molecule has 3 aliphatic carbocycles. The molecule has 98 valence electrons. The molecule has 0 amide bonds. The van der Waals surface area contributed by atoms with Crippen LogP contribution in [0.3, 0.4) is 0 Å². The molecule has 3 atom stereocenters. The fourth-order valence-corrected chi connectivity index (χ4v) is 4.52. The van der Waals surface area contributed by atoms with Crippen LogP contribution in [0.25, 0.3) is 5.57 Å². The molecule has 3 aliphatic rings. The molecular formula is C18H20O. The van der Waals surface area contributed by atoms with Crippen molar-refractivity contribution in [2.75, 3.05) is 0 Å². The maximum Gasteiger partial charge on any atom is 0.0890 e. The molecule has 0 unspecified atom stereocenters. The number of aliphatic hydroxyl groups is 1. The molecule has 0 saturated heterocycles. The van der Waals surface area contributed by atoms with Gasteiger partial charge in [-0.15, -0.1) is 6.58 Å². The van der Waals surface area contributed by atoms with Crippen LogP contribution in [0.2, 0.25) is 0 Å². The van der Waals surface area contributed by atoms with Crippen molar-refractivity contribution in [3.05, 3.63) is 54.6 Å². The van der Waals surface area contributed by atoms with Crippen LogP contribution in [0.1, 0.15) is 31.2 Å². The molecular weight excluding hydrogens is 232 g/mol. The van der Waals surface area contributed by atoms with Crippen molar-refractivity contribution < 1.29 is 5.11 Å². The second-order valence-corrected chi connectivity index (χ2v) is 6.47. The Bertz CT molecular complexity index is 552. The van der Waals surface area contributed by atoms with E-state index in [4.69, 9.17) is 0 Å². The number of benzene rings is 1. The summed E-state index contributed by atoms with van der Waals surface area (Å²) in [5.74, 6) is 0.911. The Labute approximate surface area is 114 Å². The molecule has 1 aromatic rings. The highest BCUT2D eigenvalue weighted by Crippen LogP contribution is 2.71. The van der Waals surface area contributed by atoms with Gasteiger partial charge in [0.05, 0.1) is 5.60 Å². The Morgan fingerprint density at radius 2 is 1.89 bits per heavy atom. The number of rotatable bonds is 2. The van der Waals surface area contributed by atoms with Gasteiger partial charge in [-0.1, -0.05) is 42.5 Å². The van der Waals surface area contributed by atoms with E-state index in [9.17, 15) is 5.11 Å². The number of hydrogen-bond acceptors (Lipinski definition) is 1. The Balaban J connectivity index is 1.80. The fraction of sp³-hybridized carbons (Fsp3) is 0.444. The molecule has 0 heterocycles. The molecule has 0 radical (unpaired) electrons. The average molecular weight is 252 g/mol. The second-order valence-electron chi connectivity index (χ2n) is 6.47. The van der Waals surface area contributed by atoms with Gasteiger partial charge in [0.25, 0.3) is 0 Å². The molecule has 0 bridgehead atoms. The van der Waals surface area contributed by atoms with Gasteiger partial charge in [0.1, 0.15) is 0 Å². The molecule has 2 saturated carbocycles. The average Bonchev–Trinajstić information content (AvgIpc) is 3.07. The first-order chi connectivity index (χ1) is 9.20. The number of allylic oxidation sites excluding steroid dienone is 1. The summed E-state index contributed by atoms with van der Waals surface area (Å²) < 4.78 is 0. The summed E-state index contributed by atoms with van der Waals surface area (Å²) in [7, 11) is 0. The van der Waals surface area contributed by atoms with Crippen LogP contribution in [-0.2, 0) is 0 Å². The van der Waals surface area contributed by atoms with Crippen molar-refractivity contribution in [3.8, 4) is 0 Å². The summed E-state index contributed by atoms with van der Waals surface area (Å²) in [6.45, 7) is 3.86. The highest BCUT2D eigenvalue weighted by molar-refractivity contribution is 5.76. The van der Waals surface area contributed by atoms with E-state index in [-0.39, 0.29) is 5.92 Å². The van der Waals surface area contributed by atoms with Crippen molar-refractivity contribution in [3.63, 3.8) is 0 Å². The minimum absolute atomic E-state index is 0.280. The fourth-order valence-electron chi connectivity index (χ4n) is 4.52. The molecule has 1 aromatic carbocycles. The van der Waals surface area contributed by atoms with Crippen LogP contribution >= 0.6 is 0 Å². The summed E-state index contributed by atoms with van der Waals surface area (Å²) >= 11 is 0. The van der Waals surface area contributed by atoms with Gasteiger partial charge in [0.15, 0.2) is 0 Å². The molecule has 0 aromatic heterocycles. The highest BCUT2D eigenvalue weighted by Gasteiger charge is 2.63. The SMILES string of the molecule is C=C[C@]1(O)CC[C@H]2[C@@H]1C=C(c1ccccc1)C21CC1. The van der Waals surface area contributed by atoms with E-state index in [0.717, 1.165) is 12.8 Å². The van der Waals surface area contributed by atoms with Crippen LogP contribution < -0.4 is 0 Å². The van der Waals surface area contributed by atoms with E-state index >= 15 is 0 Å². The molecule has 1 heteroatoms. The van der Waals surface area contributed by atoms with Gasteiger partial charge in [0.2, 0.25) is 0 Å². The Kier molecular flexibility index (Phi) is 2.18. The molecule has 4 rings (SSSR count). The topological polar surface area (TPSA) is 20.2 Å². The predicted octanol–water partition coefficient (Wildman–Crippen LogP) is 3.81. The summed E-state index contributed by atoms with van der Waals surface area (Å²) in [5, 5.41) is 10.7. The zero-order chi connectivity index (χ0) is 13.1. The third-order valence-corrected chi connectivity index (χ3v) is 5.69. The monoisotopic (exact) mass is 252 g/mol. The zero-order valence-electron chi connectivity index (χ0n) is 11.2. The first-order valence-corrected chi connectivity index (χ1v) is 7.33. The summed E-state index contributed by atoms with van der Waals surface area (Å²) in [6.07, 6.45) is 8.75. The van der Waals surface area contributed by atoms with E-state index < -0.39 is 5.60 Å². The molecule has 0 aliphatic heterocycles. The normalized spacial score (nSPS) is 38.1. The Hall–Kier alpha value is -1.34. The van der Waals surface area contributed by atoms with Gasteiger partial charge < -0.3 is 5.11 Å². The number of fused-ring (bicyclic) bond motifs is 2. The molecule has 19 heavy (non-hydrogen) atoms. The van der Waals surface area contributed by atoms with Crippen molar-refractivity contribution >= 4 is 5.57 Å². The van der Waals surface area contributed by atoms with Crippen LogP contribution in [-0.4, -0.2) is 10.7 Å². The Morgan fingerprint density at radius 1 is 1.16 bits per heavy atom. The van der Waals surface area contributed by atoms with E-state index in [1.807, 2.05) is 0 Å². The van der Waals surface area contributed by atoms with Gasteiger partial charge in [-0.05, 0) is 48.2 Å². The lowest BCUT2D eigenvalue weighted by Gasteiger charge is -2.26. The molecule has 2 fully saturated rings. The molecule has 1 spiro atoms. The minimum Gasteiger partial charge on any atom is -0.385 e. The minimum atomic E-state index is -0.670. The molecule has 1 N–H and O–H groups in total. The highest BCUT2D eigenvalue weighted by atomic mass is 16.3. The smallest absolute Gasteiger partial charge is 0.0890 e. The van der Waals surface area contributed by atoms with E-state index in [2.05, 4.69) is 43.0 Å². The van der Waals surface area contributed by atoms with Crippen LogP contribution in [0.15, 0.2) is 49.1 Å². The van der Waals surface area contributed by atoms with Gasteiger partial charge in [-0.25, -0.2) is 0 Å². The lowest BCUT2D eigenvalue weighted by atomic mass is 9.81. The lowest BCUT2D eigenvalue weighted by molar-refractivity contribution is 0.0596. The first kappa shape index (κ1) is 11.5. The van der Waals surface area contributed by atoms with Gasteiger partial charge in [-0.3, -0.25) is 0 Å². The van der Waals surface area contributed by atoms with Gasteiger partial charge in [0, 0.05) is 5.92 Å². The number of hydrogen-bond donors (Lipinski definition) is 1. The first-order valence-electron chi connectivity index (χ1n) is 7.33. The van der Waals surface area contributed by atoms with Gasteiger partial charge in [-0.2, -0.15) is 0 Å². The zero-order valence-corrected chi connectivity index (χ0v) is 11.2. The largest absolute Gasteiger partial charge is 0.385 e. The van der Waals surface area contributed by atoms with Crippen LogP contribution in [0.5, 0.6) is 0 Å². The summed E-state index contributed by atoms with van der Waals surface area (Å²) in [5.41, 5.74) is 2.54. The summed E-state index contributed by atoms with van der Waals surface area (Å²) in [4.78, 5) is 0. The maximum atomic E-state index is 10.7. The third kappa shape index (κ3) is 1.40. The van der Waals surface area contributed by atoms with Crippen LogP contribution in [0.4, 0.5) is 0 Å². The quantitative estimate of drug-likeness (QED) is 0.794. The lowest BCUT2D eigenvalue weighted by Crippen LogP contribution is -2.31. The van der Waals surface area contributed by atoms with Crippen molar-refractivity contribution in [1.82, 2.24) is 0 Å². The molecule has 1 nitrogen and oxygen atoms in total. The van der Waals surface area contributed by atoms with E-state index in [1.54, 1.807) is 6.08 Å². The van der Waals surface area contributed by atoms with Crippen molar-refractivity contribution in [2.45, 2.75) is 31.3 Å². The van der Waals surface area contributed by atoms with Gasteiger partial charge >= 0.3 is 0 Å². The van der Waals surface area contributed by atoms with E-state index in [1.165, 1.54) is 24.0 Å². The third-order valence-electron chi connectivity index (χ3n) is 5.69. The maximum absolute atomic E-state index is 10.7. The van der Waals surface area contributed by atoms with Crippen molar-refractivity contribution in [2.24, 2.45) is 17.3 Å². The Morgan fingerprint density at radius 3 is 2.53 bits per heavy atom. The standard InChI is InChI=1S/C18H20O/c1-2-18(19)9-8-14-16(18)12-15(17(14)10-11-17)13-6-4-3-5-7-13/h2-7,12,14,16,19H,1,8-11H2/t14-,16-,18-/m0/s1. The van der Waals surface area contributed by atoms with E-state index in [0.29, 0.717) is 11.3 Å². The van der Waals surface area contributed by atoms with Crippen molar-refractivity contribution in [1.29, 1.82) is 0 Å². The van der Waals surface area contributed by atoms with Crippen LogP contribution in [0, 0.1) is 17.3 Å². The second kappa shape index (κ2) is 3.61.